The van der Waals surface area contributed by atoms with E-state index < -0.39 is 22.0 Å². The van der Waals surface area contributed by atoms with E-state index in [1.807, 2.05) is 0 Å². The van der Waals surface area contributed by atoms with Crippen LogP contribution in [0.2, 0.25) is 5.02 Å². The van der Waals surface area contributed by atoms with Crippen LogP contribution in [0.4, 0.5) is 10.8 Å². The third-order valence-corrected chi connectivity index (χ3v) is 9.33. The molecule has 1 N–H and O–H groups in total. The van der Waals surface area contributed by atoms with Gasteiger partial charge >= 0.3 is 0 Å². The zero-order chi connectivity index (χ0) is 25.2. The van der Waals surface area contributed by atoms with Crippen LogP contribution in [0, 0.1) is 5.92 Å². The average Bonchev–Trinajstić information content (AvgIpc) is 3.29. The lowest BCUT2D eigenvalue weighted by Gasteiger charge is -2.34. The van der Waals surface area contributed by atoms with Gasteiger partial charge in [-0.05, 0) is 48.4 Å². The summed E-state index contributed by atoms with van der Waals surface area (Å²) >= 11 is 8.96. The Balaban J connectivity index is 1.59. The van der Waals surface area contributed by atoms with Gasteiger partial charge in [0.15, 0.2) is 10.4 Å². The Hall–Kier alpha value is -2.54. The van der Waals surface area contributed by atoms with Crippen LogP contribution in [0.3, 0.4) is 0 Å². The molecule has 0 radical (unpaired) electrons. The first-order valence-electron chi connectivity index (χ1n) is 10.6. The van der Waals surface area contributed by atoms with Crippen molar-refractivity contribution in [2.45, 2.75) is 29.2 Å². The van der Waals surface area contributed by atoms with E-state index in [9.17, 15) is 13.2 Å². The van der Waals surface area contributed by atoms with Gasteiger partial charge in [-0.15, -0.1) is 10.2 Å². The normalized spacial score (nSPS) is 15.5. The van der Waals surface area contributed by atoms with E-state index in [1.54, 1.807) is 36.0 Å². The average molecular weight is 555 g/mol. The lowest BCUT2D eigenvalue weighted by molar-refractivity contribution is -0.122. The summed E-state index contributed by atoms with van der Waals surface area (Å²) in [5, 5.41) is 11.4. The molecule has 0 aliphatic carbocycles. The Labute approximate surface area is 216 Å². The van der Waals surface area contributed by atoms with Crippen molar-refractivity contribution in [3.8, 4) is 11.5 Å². The number of carbonyl (C=O) groups excluding carboxylic acids is 1. The summed E-state index contributed by atoms with van der Waals surface area (Å²) in [4.78, 5) is 13.1. The molecule has 186 valence electrons. The fraction of sp³-hybridized carbons (Fsp3) is 0.318. The van der Waals surface area contributed by atoms with Gasteiger partial charge in [0.05, 0.1) is 24.2 Å². The van der Waals surface area contributed by atoms with Crippen molar-refractivity contribution in [1.82, 2.24) is 10.2 Å². The highest BCUT2D eigenvalue weighted by molar-refractivity contribution is 8.01. The van der Waals surface area contributed by atoms with Crippen molar-refractivity contribution in [1.29, 1.82) is 0 Å². The monoisotopic (exact) mass is 554 g/mol. The molecule has 4 rings (SSSR count). The topological polar surface area (TPSA) is 111 Å². The number of methoxy groups -OCH3 is 1. The Morgan fingerprint density at radius 2 is 2.03 bits per heavy atom. The summed E-state index contributed by atoms with van der Waals surface area (Å²) in [5.74, 6) is 1.59. The molecule has 0 unspecified atom stereocenters. The van der Waals surface area contributed by atoms with Crippen molar-refractivity contribution < 1.29 is 22.7 Å². The number of carbonyl (C=O) groups is 1. The first kappa shape index (κ1) is 25.5. The Kier molecular flexibility index (Phi) is 7.74. The summed E-state index contributed by atoms with van der Waals surface area (Å²) in [6.45, 7) is 3.96. The second-order valence-corrected chi connectivity index (χ2v) is 12.5. The molecule has 1 aliphatic rings. The highest BCUT2D eigenvalue weighted by atomic mass is 35.5. The van der Waals surface area contributed by atoms with Crippen LogP contribution < -0.4 is 19.1 Å². The minimum Gasteiger partial charge on any atom is -0.497 e. The molecule has 2 aromatic carbocycles. The van der Waals surface area contributed by atoms with Gasteiger partial charge in [0.1, 0.15) is 11.5 Å². The number of nitrogens with one attached hydrogen (secondary N) is 1. The van der Waals surface area contributed by atoms with Crippen LogP contribution >= 0.6 is 34.7 Å². The fourth-order valence-electron chi connectivity index (χ4n) is 3.21. The third kappa shape index (κ3) is 5.83. The van der Waals surface area contributed by atoms with Gasteiger partial charge in [0.25, 0.3) is 15.9 Å². The molecule has 35 heavy (non-hydrogen) atoms. The number of nitrogens with zero attached hydrogens (tertiary/aromatic N) is 3. The molecular weight excluding hydrogens is 532 g/mol. The van der Waals surface area contributed by atoms with Gasteiger partial charge in [0.2, 0.25) is 5.13 Å². The maximum absolute atomic E-state index is 13.5. The van der Waals surface area contributed by atoms with Crippen LogP contribution in [0.15, 0.2) is 51.7 Å². The lowest BCUT2D eigenvalue weighted by atomic mass is 10.2. The number of fused-ring (bicyclic) bond motifs is 1. The highest BCUT2D eigenvalue weighted by Gasteiger charge is 2.38. The highest BCUT2D eigenvalue weighted by Crippen LogP contribution is 2.39. The van der Waals surface area contributed by atoms with E-state index in [-0.39, 0.29) is 22.9 Å². The lowest BCUT2D eigenvalue weighted by Crippen LogP contribution is -2.48. The molecule has 3 aromatic rings. The van der Waals surface area contributed by atoms with Gasteiger partial charge in [-0.3, -0.25) is 14.4 Å². The molecule has 1 amide bonds. The first-order chi connectivity index (χ1) is 16.7. The zero-order valence-electron chi connectivity index (χ0n) is 19.1. The second-order valence-electron chi connectivity index (χ2n) is 8.00. The predicted molar refractivity (Wildman–Crippen MR) is 137 cm³/mol. The number of amides is 1. The SMILES string of the molecule is COc1ccc(S(=O)(=O)N2C[C@@H](C(=O)Nc3nnc(SCC(C)C)s3)Oc3ccc(Cl)cc32)cc1. The van der Waals surface area contributed by atoms with Gasteiger partial charge in [-0.25, -0.2) is 8.42 Å². The molecule has 0 fully saturated rings. The summed E-state index contributed by atoms with van der Waals surface area (Å²) in [6, 6.07) is 10.6. The fourth-order valence-corrected chi connectivity index (χ4v) is 6.57. The zero-order valence-corrected chi connectivity index (χ0v) is 22.3. The van der Waals surface area contributed by atoms with Crippen molar-refractivity contribution >= 4 is 61.4 Å². The van der Waals surface area contributed by atoms with E-state index in [2.05, 4.69) is 29.4 Å². The van der Waals surface area contributed by atoms with Crippen LogP contribution in [-0.4, -0.2) is 50.0 Å². The van der Waals surface area contributed by atoms with Gasteiger partial charge in [-0.2, -0.15) is 0 Å². The predicted octanol–water partition coefficient (Wildman–Crippen LogP) is 4.54. The number of thioether (sulfide) groups is 1. The van der Waals surface area contributed by atoms with Crippen LogP contribution in [0.25, 0.3) is 0 Å². The van der Waals surface area contributed by atoms with Crippen LogP contribution in [-0.2, 0) is 14.8 Å². The smallest absolute Gasteiger partial charge is 0.269 e. The van der Waals surface area contributed by atoms with Crippen LogP contribution in [0.1, 0.15) is 13.8 Å². The molecule has 9 nitrogen and oxygen atoms in total. The molecule has 0 bridgehead atoms. The molecule has 0 spiro atoms. The maximum Gasteiger partial charge on any atom is 0.269 e. The standard InChI is InChI=1S/C22H23ClN4O5S3/c1-13(2)12-33-22-26-25-21(34-22)24-20(28)19-11-27(17-10-14(23)4-9-18(17)32-19)35(29,30)16-7-5-15(31-3)6-8-16/h4-10,13,19H,11-12H2,1-3H3,(H,24,25,28)/t19-/m0/s1. The number of hydrogen-bond acceptors (Lipinski definition) is 9. The molecule has 1 aliphatic heterocycles. The summed E-state index contributed by atoms with van der Waals surface area (Å²) in [7, 11) is -2.54. The summed E-state index contributed by atoms with van der Waals surface area (Å²) in [6.07, 6.45) is -1.12. The number of rotatable bonds is 8. The van der Waals surface area contributed by atoms with Crippen molar-refractivity contribution in [3.63, 3.8) is 0 Å². The Morgan fingerprint density at radius 3 is 2.71 bits per heavy atom. The van der Waals surface area contributed by atoms with Crippen molar-refractivity contribution in [3.05, 3.63) is 47.5 Å². The van der Waals surface area contributed by atoms with Crippen LogP contribution in [0.5, 0.6) is 11.5 Å². The van der Waals surface area contributed by atoms with Gasteiger partial charge < -0.3 is 9.47 Å². The Morgan fingerprint density at radius 1 is 1.29 bits per heavy atom. The largest absolute Gasteiger partial charge is 0.497 e. The number of aromatic nitrogens is 2. The molecule has 1 aromatic heterocycles. The number of benzene rings is 2. The molecule has 2 heterocycles. The second kappa shape index (κ2) is 10.6. The van der Waals surface area contributed by atoms with E-state index in [4.69, 9.17) is 21.1 Å². The van der Waals surface area contributed by atoms with E-state index in [0.717, 1.165) is 14.4 Å². The molecule has 0 saturated heterocycles. The molecule has 1 atom stereocenters. The molecular formula is C22H23ClN4O5S3. The molecule has 13 heteroatoms. The minimum atomic E-state index is -4.04. The van der Waals surface area contributed by atoms with Crippen molar-refractivity contribution in [2.75, 3.05) is 29.0 Å². The number of anilines is 2. The number of sulfonamides is 1. The Bertz CT molecular complexity index is 1310. The summed E-state index contributed by atoms with van der Waals surface area (Å²) < 4.78 is 40.0. The van der Waals surface area contributed by atoms with E-state index in [1.165, 1.54) is 36.6 Å². The van der Waals surface area contributed by atoms with Gasteiger partial charge in [-0.1, -0.05) is 48.5 Å². The van der Waals surface area contributed by atoms with Crippen molar-refractivity contribution in [2.24, 2.45) is 5.92 Å². The molecule has 0 saturated carbocycles. The summed E-state index contributed by atoms with van der Waals surface area (Å²) in [5.41, 5.74) is 0.251. The quantitative estimate of drug-likeness (QED) is 0.319. The first-order valence-corrected chi connectivity index (χ1v) is 14.2. The minimum absolute atomic E-state index is 0.0428. The van der Waals surface area contributed by atoms with Gasteiger partial charge in [0, 0.05) is 10.8 Å². The number of ether oxygens (including phenoxy) is 2. The number of halogens is 1. The van der Waals surface area contributed by atoms with E-state index in [0.29, 0.717) is 21.8 Å². The van der Waals surface area contributed by atoms with E-state index >= 15 is 0 Å². The number of hydrogen-bond donors (Lipinski definition) is 1. The maximum atomic E-state index is 13.5. The third-order valence-electron chi connectivity index (χ3n) is 4.91.